The van der Waals surface area contributed by atoms with Gasteiger partial charge >= 0.3 is 0 Å². The average Bonchev–Trinajstić information content (AvgIpc) is 3.09. The Morgan fingerprint density at radius 2 is 1.44 bits per heavy atom. The summed E-state index contributed by atoms with van der Waals surface area (Å²) in [5.74, 6) is 0.516. The van der Waals surface area contributed by atoms with Crippen molar-refractivity contribution in [2.45, 2.75) is 0 Å². The van der Waals surface area contributed by atoms with Gasteiger partial charge in [-0.05, 0) is 48.5 Å². The smallest absolute Gasteiger partial charge is 0.145 e. The van der Waals surface area contributed by atoms with Crippen LogP contribution in [0.4, 0.5) is 4.39 Å². The molecule has 122 valence electrons. The molecule has 0 radical (unpaired) electrons. The molecule has 4 heteroatoms. The van der Waals surface area contributed by atoms with Crippen LogP contribution in [-0.2, 0) is 0 Å². The van der Waals surface area contributed by atoms with Crippen LogP contribution >= 0.6 is 11.6 Å². The van der Waals surface area contributed by atoms with Crippen molar-refractivity contribution in [1.29, 1.82) is 0 Å². The Kier molecular flexibility index (Phi) is 4.08. The highest BCUT2D eigenvalue weighted by Crippen LogP contribution is 2.28. The van der Waals surface area contributed by atoms with E-state index in [0.717, 1.165) is 28.3 Å². The molecule has 0 saturated heterocycles. The fourth-order valence-electron chi connectivity index (χ4n) is 2.73. The second kappa shape index (κ2) is 6.54. The van der Waals surface area contributed by atoms with Gasteiger partial charge in [0, 0.05) is 28.0 Å². The summed E-state index contributed by atoms with van der Waals surface area (Å²) in [6.07, 6.45) is 1.96. The van der Waals surface area contributed by atoms with Crippen molar-refractivity contribution in [3.8, 4) is 28.3 Å². The van der Waals surface area contributed by atoms with E-state index in [1.165, 1.54) is 12.1 Å². The van der Waals surface area contributed by atoms with E-state index in [4.69, 9.17) is 16.6 Å². The lowest BCUT2D eigenvalue weighted by molar-refractivity contribution is 0.627. The summed E-state index contributed by atoms with van der Waals surface area (Å²) in [4.78, 5) is 4.81. The number of halogens is 2. The molecule has 0 spiro atoms. The first-order chi connectivity index (χ1) is 12.2. The SMILES string of the molecule is Fc1ccc(-n2cc(-c3ccccc3)nc2-c2ccc(Cl)cc2)cc1. The van der Waals surface area contributed by atoms with Gasteiger partial charge in [0.2, 0.25) is 0 Å². The van der Waals surface area contributed by atoms with Gasteiger partial charge in [-0.1, -0.05) is 41.9 Å². The summed E-state index contributed by atoms with van der Waals surface area (Å²) >= 11 is 6.01. The Balaban J connectivity index is 1.89. The second-order valence-corrected chi connectivity index (χ2v) is 6.11. The monoisotopic (exact) mass is 348 g/mol. The zero-order valence-corrected chi connectivity index (χ0v) is 14.0. The van der Waals surface area contributed by atoms with Crippen LogP contribution in [0, 0.1) is 5.82 Å². The molecule has 0 saturated carbocycles. The Bertz CT molecular complexity index is 928. The number of nitrogens with zero attached hydrogens (tertiary/aromatic N) is 2. The van der Waals surface area contributed by atoms with Crippen molar-refractivity contribution in [3.63, 3.8) is 0 Å². The van der Waals surface area contributed by atoms with Crippen LogP contribution in [0.25, 0.3) is 28.3 Å². The van der Waals surface area contributed by atoms with E-state index in [1.54, 1.807) is 12.1 Å². The first-order valence-corrected chi connectivity index (χ1v) is 8.25. The van der Waals surface area contributed by atoms with E-state index in [0.29, 0.717) is 5.02 Å². The molecule has 4 rings (SSSR count). The van der Waals surface area contributed by atoms with Gasteiger partial charge in [-0.25, -0.2) is 9.37 Å². The molecule has 3 aromatic carbocycles. The number of benzene rings is 3. The summed E-state index contributed by atoms with van der Waals surface area (Å²) in [7, 11) is 0. The molecule has 0 aliphatic heterocycles. The maximum absolute atomic E-state index is 13.3. The van der Waals surface area contributed by atoms with Crippen LogP contribution < -0.4 is 0 Å². The van der Waals surface area contributed by atoms with Crippen LogP contribution in [0.2, 0.25) is 5.02 Å². The molecule has 0 aliphatic rings. The first-order valence-electron chi connectivity index (χ1n) is 7.87. The standard InChI is InChI=1S/C21H14ClFN2/c22-17-8-6-16(7-9-17)21-24-20(15-4-2-1-3-5-15)14-25(21)19-12-10-18(23)11-13-19/h1-14H. The van der Waals surface area contributed by atoms with Gasteiger partial charge in [0.1, 0.15) is 11.6 Å². The van der Waals surface area contributed by atoms with Crippen molar-refractivity contribution < 1.29 is 4.39 Å². The van der Waals surface area contributed by atoms with Gasteiger partial charge in [0.25, 0.3) is 0 Å². The average molecular weight is 349 g/mol. The molecule has 0 aliphatic carbocycles. The summed E-state index contributed by atoms with van der Waals surface area (Å²) in [6, 6.07) is 23.9. The van der Waals surface area contributed by atoms with E-state index >= 15 is 0 Å². The summed E-state index contributed by atoms with van der Waals surface area (Å²) < 4.78 is 15.3. The van der Waals surface area contributed by atoms with Crippen LogP contribution in [0.3, 0.4) is 0 Å². The highest BCUT2D eigenvalue weighted by molar-refractivity contribution is 6.30. The Labute approximate surface area is 150 Å². The van der Waals surface area contributed by atoms with Crippen molar-refractivity contribution >= 4 is 11.6 Å². The molecule has 0 N–H and O–H groups in total. The van der Waals surface area contributed by atoms with E-state index in [-0.39, 0.29) is 5.82 Å². The van der Waals surface area contributed by atoms with Gasteiger partial charge in [-0.3, -0.25) is 4.57 Å². The number of imidazole rings is 1. The van der Waals surface area contributed by atoms with Crippen molar-refractivity contribution in [3.05, 3.63) is 95.9 Å². The third kappa shape index (κ3) is 3.19. The highest BCUT2D eigenvalue weighted by Gasteiger charge is 2.13. The molecule has 0 atom stereocenters. The van der Waals surface area contributed by atoms with Crippen LogP contribution in [0.15, 0.2) is 85.1 Å². The molecular formula is C21H14ClFN2. The van der Waals surface area contributed by atoms with Crippen LogP contribution in [0.1, 0.15) is 0 Å². The minimum absolute atomic E-state index is 0.264. The molecule has 1 heterocycles. The van der Waals surface area contributed by atoms with Gasteiger partial charge < -0.3 is 0 Å². The number of hydrogen-bond donors (Lipinski definition) is 0. The minimum atomic E-state index is -0.264. The van der Waals surface area contributed by atoms with Gasteiger partial charge in [-0.2, -0.15) is 0 Å². The summed E-state index contributed by atoms with van der Waals surface area (Å²) in [5, 5.41) is 0.673. The van der Waals surface area contributed by atoms with Crippen molar-refractivity contribution in [1.82, 2.24) is 9.55 Å². The normalized spacial score (nSPS) is 10.8. The summed E-state index contributed by atoms with van der Waals surface area (Å²) in [5.41, 5.74) is 3.67. The molecule has 25 heavy (non-hydrogen) atoms. The molecule has 0 bridgehead atoms. The third-order valence-corrected chi connectivity index (χ3v) is 4.23. The molecule has 0 fully saturated rings. The first kappa shape index (κ1) is 15.6. The van der Waals surface area contributed by atoms with Crippen LogP contribution in [0.5, 0.6) is 0 Å². The predicted octanol–water partition coefficient (Wildman–Crippen LogP) is 6.00. The van der Waals surface area contributed by atoms with E-state index in [1.807, 2.05) is 65.4 Å². The molecule has 4 aromatic rings. The number of aromatic nitrogens is 2. The Morgan fingerprint density at radius 1 is 0.760 bits per heavy atom. The Hall–Kier alpha value is -2.91. The fourth-order valence-corrected chi connectivity index (χ4v) is 2.86. The lowest BCUT2D eigenvalue weighted by Crippen LogP contribution is -1.96. The Morgan fingerprint density at radius 3 is 2.12 bits per heavy atom. The van der Waals surface area contributed by atoms with Gasteiger partial charge in [0.15, 0.2) is 0 Å². The zero-order chi connectivity index (χ0) is 17.2. The van der Waals surface area contributed by atoms with Crippen LogP contribution in [-0.4, -0.2) is 9.55 Å². The minimum Gasteiger partial charge on any atom is -0.299 e. The molecule has 1 aromatic heterocycles. The maximum Gasteiger partial charge on any atom is 0.145 e. The predicted molar refractivity (Wildman–Crippen MR) is 99.4 cm³/mol. The topological polar surface area (TPSA) is 17.8 Å². The number of rotatable bonds is 3. The third-order valence-electron chi connectivity index (χ3n) is 3.98. The zero-order valence-electron chi connectivity index (χ0n) is 13.2. The maximum atomic E-state index is 13.3. The lowest BCUT2D eigenvalue weighted by atomic mass is 10.2. The second-order valence-electron chi connectivity index (χ2n) is 5.67. The molecule has 2 nitrogen and oxygen atoms in total. The molecule has 0 amide bonds. The quantitative estimate of drug-likeness (QED) is 0.444. The summed E-state index contributed by atoms with van der Waals surface area (Å²) in [6.45, 7) is 0. The van der Waals surface area contributed by atoms with Gasteiger partial charge in [-0.15, -0.1) is 0 Å². The molecule has 0 unspecified atom stereocenters. The van der Waals surface area contributed by atoms with Crippen molar-refractivity contribution in [2.24, 2.45) is 0 Å². The molecular weight excluding hydrogens is 335 g/mol. The largest absolute Gasteiger partial charge is 0.299 e. The fraction of sp³-hybridized carbons (Fsp3) is 0. The highest BCUT2D eigenvalue weighted by atomic mass is 35.5. The van der Waals surface area contributed by atoms with E-state index in [9.17, 15) is 4.39 Å². The van der Waals surface area contributed by atoms with Crippen molar-refractivity contribution in [2.75, 3.05) is 0 Å². The lowest BCUT2D eigenvalue weighted by Gasteiger charge is -2.07. The van der Waals surface area contributed by atoms with Gasteiger partial charge in [0.05, 0.1) is 5.69 Å². The number of hydrogen-bond acceptors (Lipinski definition) is 1. The van der Waals surface area contributed by atoms with E-state index in [2.05, 4.69) is 0 Å². The van der Waals surface area contributed by atoms with E-state index < -0.39 is 0 Å².